The maximum Gasteiger partial charge on any atom is 0.254 e. The van der Waals surface area contributed by atoms with Crippen molar-refractivity contribution in [3.63, 3.8) is 0 Å². The van der Waals surface area contributed by atoms with E-state index >= 15 is 0 Å². The maximum absolute atomic E-state index is 12.7. The van der Waals surface area contributed by atoms with Gasteiger partial charge in [-0.05, 0) is 43.0 Å². The molecule has 0 saturated carbocycles. The molecule has 0 unspecified atom stereocenters. The van der Waals surface area contributed by atoms with Crippen molar-refractivity contribution in [1.82, 2.24) is 4.90 Å². The van der Waals surface area contributed by atoms with Crippen LogP contribution in [0, 0.1) is 0 Å². The lowest BCUT2D eigenvalue weighted by atomic mass is 9.94. The zero-order valence-corrected chi connectivity index (χ0v) is 13.1. The van der Waals surface area contributed by atoms with E-state index in [0.29, 0.717) is 0 Å². The van der Waals surface area contributed by atoms with Crippen molar-refractivity contribution in [2.45, 2.75) is 27.2 Å². The van der Waals surface area contributed by atoms with Crippen molar-refractivity contribution in [1.29, 1.82) is 0 Å². The summed E-state index contributed by atoms with van der Waals surface area (Å²) in [5, 5.41) is 0. The highest BCUT2D eigenvalue weighted by Crippen LogP contribution is 2.28. The van der Waals surface area contributed by atoms with Crippen molar-refractivity contribution in [2.24, 2.45) is 0 Å². The molecule has 0 saturated heterocycles. The minimum absolute atomic E-state index is 0.113. The molecule has 0 aromatic heterocycles. The van der Waals surface area contributed by atoms with Crippen molar-refractivity contribution >= 4 is 5.91 Å². The Balaban J connectivity index is 2.53. The maximum atomic E-state index is 12.7. The monoisotopic (exact) mass is 281 g/mol. The standard InChI is InChI=1S/C19H23NO/c1-4-15-11-7-8-12-16(15)17-13-9-10-14-18(17)19(21)20(5-2)6-3/h7-14H,4-6H2,1-3H3. The van der Waals surface area contributed by atoms with Crippen molar-refractivity contribution in [2.75, 3.05) is 13.1 Å². The quantitative estimate of drug-likeness (QED) is 0.795. The number of nitrogens with zero attached hydrogens (tertiary/aromatic N) is 1. The molecule has 0 radical (unpaired) electrons. The third-order valence-corrected chi connectivity index (χ3v) is 3.90. The number of rotatable bonds is 5. The molecule has 21 heavy (non-hydrogen) atoms. The van der Waals surface area contributed by atoms with Crippen LogP contribution in [0.5, 0.6) is 0 Å². The van der Waals surface area contributed by atoms with Crippen LogP contribution in [0.25, 0.3) is 11.1 Å². The van der Waals surface area contributed by atoms with Crippen molar-refractivity contribution < 1.29 is 4.79 Å². The molecule has 2 rings (SSSR count). The zero-order valence-electron chi connectivity index (χ0n) is 13.1. The lowest BCUT2D eigenvalue weighted by molar-refractivity contribution is 0.0774. The van der Waals surface area contributed by atoms with Gasteiger partial charge in [-0.25, -0.2) is 0 Å². The highest BCUT2D eigenvalue weighted by atomic mass is 16.2. The van der Waals surface area contributed by atoms with Crippen LogP contribution in [0.4, 0.5) is 0 Å². The first kappa shape index (κ1) is 15.3. The van der Waals surface area contributed by atoms with E-state index in [1.54, 1.807) is 0 Å². The van der Waals surface area contributed by atoms with Gasteiger partial charge in [-0.3, -0.25) is 4.79 Å². The van der Waals surface area contributed by atoms with Crippen LogP contribution < -0.4 is 0 Å². The molecule has 0 spiro atoms. The number of hydrogen-bond acceptors (Lipinski definition) is 1. The molecule has 0 aliphatic heterocycles. The van der Waals surface area contributed by atoms with Gasteiger partial charge in [-0.2, -0.15) is 0 Å². The molecule has 2 aromatic rings. The number of carbonyl (C=O) groups excluding carboxylic acids is 1. The van der Waals surface area contributed by atoms with Gasteiger partial charge in [0.05, 0.1) is 0 Å². The third-order valence-electron chi connectivity index (χ3n) is 3.90. The Morgan fingerprint density at radius 2 is 1.43 bits per heavy atom. The molecule has 0 aliphatic rings. The van der Waals surface area contributed by atoms with Crippen LogP contribution in [0.1, 0.15) is 36.7 Å². The largest absolute Gasteiger partial charge is 0.339 e. The van der Waals surface area contributed by atoms with E-state index in [1.165, 1.54) is 5.56 Å². The molecule has 0 bridgehead atoms. The molecule has 2 aromatic carbocycles. The molecule has 1 amide bonds. The molecule has 0 aliphatic carbocycles. The Morgan fingerprint density at radius 1 is 0.857 bits per heavy atom. The van der Waals surface area contributed by atoms with Gasteiger partial charge in [0.15, 0.2) is 0 Å². The van der Waals surface area contributed by atoms with Gasteiger partial charge >= 0.3 is 0 Å². The normalized spacial score (nSPS) is 10.4. The molecule has 0 fully saturated rings. The first-order valence-electron chi connectivity index (χ1n) is 7.69. The summed E-state index contributed by atoms with van der Waals surface area (Å²) < 4.78 is 0. The number of amides is 1. The molecular weight excluding hydrogens is 258 g/mol. The molecule has 2 heteroatoms. The Hall–Kier alpha value is -2.09. The van der Waals surface area contributed by atoms with E-state index in [9.17, 15) is 4.79 Å². The zero-order chi connectivity index (χ0) is 15.2. The summed E-state index contributed by atoms with van der Waals surface area (Å²) in [6, 6.07) is 16.2. The second-order valence-corrected chi connectivity index (χ2v) is 5.03. The SMILES string of the molecule is CCc1ccccc1-c1ccccc1C(=O)N(CC)CC. The fourth-order valence-electron chi connectivity index (χ4n) is 2.68. The van der Waals surface area contributed by atoms with Gasteiger partial charge in [0.25, 0.3) is 5.91 Å². The van der Waals surface area contributed by atoms with E-state index in [2.05, 4.69) is 25.1 Å². The highest BCUT2D eigenvalue weighted by molar-refractivity contribution is 6.01. The summed E-state index contributed by atoms with van der Waals surface area (Å²) in [6.07, 6.45) is 0.962. The van der Waals surface area contributed by atoms with E-state index < -0.39 is 0 Å². The van der Waals surface area contributed by atoms with Crippen LogP contribution >= 0.6 is 0 Å². The number of benzene rings is 2. The van der Waals surface area contributed by atoms with Gasteiger partial charge in [-0.15, -0.1) is 0 Å². The van der Waals surface area contributed by atoms with Crippen LogP contribution in [0.2, 0.25) is 0 Å². The van der Waals surface area contributed by atoms with Crippen LogP contribution in [-0.4, -0.2) is 23.9 Å². The highest BCUT2D eigenvalue weighted by Gasteiger charge is 2.17. The Kier molecular flexibility index (Phi) is 5.15. The van der Waals surface area contributed by atoms with Crippen LogP contribution in [0.3, 0.4) is 0 Å². The van der Waals surface area contributed by atoms with E-state index in [1.807, 2.05) is 49.1 Å². The summed E-state index contributed by atoms with van der Waals surface area (Å²) in [5.41, 5.74) is 4.27. The Morgan fingerprint density at radius 3 is 2.05 bits per heavy atom. The van der Waals surface area contributed by atoms with E-state index in [4.69, 9.17) is 0 Å². The van der Waals surface area contributed by atoms with Gasteiger partial charge in [0.1, 0.15) is 0 Å². The summed E-state index contributed by atoms with van der Waals surface area (Å²) in [5.74, 6) is 0.113. The van der Waals surface area contributed by atoms with Crippen molar-refractivity contribution in [3.8, 4) is 11.1 Å². The molecule has 2 nitrogen and oxygen atoms in total. The van der Waals surface area contributed by atoms with Gasteiger partial charge in [0.2, 0.25) is 0 Å². The lowest BCUT2D eigenvalue weighted by Crippen LogP contribution is -2.30. The van der Waals surface area contributed by atoms with E-state index in [0.717, 1.165) is 36.2 Å². The molecule has 0 atom stereocenters. The predicted molar refractivity (Wildman–Crippen MR) is 88.5 cm³/mol. The summed E-state index contributed by atoms with van der Waals surface area (Å²) in [7, 11) is 0. The summed E-state index contributed by atoms with van der Waals surface area (Å²) >= 11 is 0. The first-order valence-corrected chi connectivity index (χ1v) is 7.69. The number of aryl methyl sites for hydroxylation is 1. The third kappa shape index (κ3) is 3.15. The topological polar surface area (TPSA) is 20.3 Å². The fraction of sp³-hybridized carbons (Fsp3) is 0.316. The molecular formula is C19H23NO. The minimum Gasteiger partial charge on any atom is -0.339 e. The van der Waals surface area contributed by atoms with Gasteiger partial charge in [-0.1, -0.05) is 49.4 Å². The summed E-state index contributed by atoms with van der Waals surface area (Å²) in [6.45, 7) is 7.65. The minimum atomic E-state index is 0.113. The van der Waals surface area contributed by atoms with Crippen molar-refractivity contribution in [3.05, 3.63) is 59.7 Å². The fourth-order valence-corrected chi connectivity index (χ4v) is 2.68. The average molecular weight is 281 g/mol. The Labute approximate surface area is 127 Å². The average Bonchev–Trinajstić information content (AvgIpc) is 2.55. The van der Waals surface area contributed by atoms with Gasteiger partial charge in [0, 0.05) is 18.7 Å². The number of carbonyl (C=O) groups is 1. The van der Waals surface area contributed by atoms with Crippen LogP contribution in [-0.2, 0) is 6.42 Å². The van der Waals surface area contributed by atoms with E-state index in [-0.39, 0.29) is 5.91 Å². The van der Waals surface area contributed by atoms with Gasteiger partial charge < -0.3 is 4.90 Å². The predicted octanol–water partition coefficient (Wildman–Crippen LogP) is 4.40. The smallest absolute Gasteiger partial charge is 0.254 e. The first-order chi connectivity index (χ1) is 10.2. The second kappa shape index (κ2) is 7.07. The lowest BCUT2D eigenvalue weighted by Gasteiger charge is -2.21. The number of hydrogen-bond donors (Lipinski definition) is 0. The van der Waals surface area contributed by atoms with Crippen LogP contribution in [0.15, 0.2) is 48.5 Å². The molecule has 110 valence electrons. The molecule has 0 N–H and O–H groups in total. The molecule has 0 heterocycles. The Bertz CT molecular complexity index is 614. The second-order valence-electron chi connectivity index (χ2n) is 5.03. The summed E-state index contributed by atoms with van der Waals surface area (Å²) in [4.78, 5) is 14.6.